The number of nitrogens with zero attached hydrogens (tertiary/aromatic N) is 1. The van der Waals surface area contributed by atoms with E-state index in [4.69, 9.17) is 5.73 Å². The van der Waals surface area contributed by atoms with Gasteiger partial charge in [0.2, 0.25) is 0 Å². The lowest BCUT2D eigenvalue weighted by Crippen LogP contribution is -2.54. The molecule has 0 atom stereocenters. The second-order valence-corrected chi connectivity index (χ2v) is 4.54. The van der Waals surface area contributed by atoms with Crippen LogP contribution in [0.2, 0.25) is 0 Å². The van der Waals surface area contributed by atoms with Crippen molar-refractivity contribution in [3.05, 3.63) is 0 Å². The minimum atomic E-state index is -0.136. The summed E-state index contributed by atoms with van der Waals surface area (Å²) in [4.78, 5) is 2.43. The molecule has 1 saturated carbocycles. The first-order valence-electron chi connectivity index (χ1n) is 5.35. The Hall–Kier alpha value is -0.150. The first kappa shape index (κ1) is 9.41. The summed E-state index contributed by atoms with van der Waals surface area (Å²) in [5, 5.41) is 0. The third kappa shape index (κ3) is 2.02. The zero-order chi connectivity index (χ0) is 9.26. The van der Waals surface area contributed by atoms with E-state index in [-0.39, 0.29) is 6.67 Å². The van der Waals surface area contributed by atoms with Crippen LogP contribution in [0, 0.1) is 5.92 Å². The maximum absolute atomic E-state index is 12.2. The largest absolute Gasteiger partial charge is 0.328 e. The number of hydrogen-bond acceptors (Lipinski definition) is 2. The van der Waals surface area contributed by atoms with Crippen molar-refractivity contribution in [2.45, 2.75) is 37.8 Å². The molecule has 2 nitrogen and oxygen atoms in total. The van der Waals surface area contributed by atoms with Gasteiger partial charge in [-0.2, -0.15) is 0 Å². The average Bonchev–Trinajstić information content (AvgIpc) is 2.06. The molecule has 0 aromatic heterocycles. The van der Waals surface area contributed by atoms with E-state index < -0.39 is 0 Å². The number of nitrogens with two attached hydrogens (primary N) is 1. The van der Waals surface area contributed by atoms with Gasteiger partial charge in [0, 0.05) is 31.1 Å². The molecule has 3 heteroatoms. The molecule has 0 radical (unpaired) electrons. The van der Waals surface area contributed by atoms with Gasteiger partial charge in [-0.3, -0.25) is 9.29 Å². The molecular formula is C10H19FN2. The zero-order valence-electron chi connectivity index (χ0n) is 8.08. The summed E-state index contributed by atoms with van der Waals surface area (Å²) in [6.45, 7) is 1.83. The fourth-order valence-corrected chi connectivity index (χ4v) is 2.47. The molecule has 2 rings (SSSR count). The smallest absolute Gasteiger partial charge is 0.0947 e. The van der Waals surface area contributed by atoms with E-state index in [2.05, 4.69) is 4.90 Å². The molecule has 1 aliphatic carbocycles. The molecule has 0 aromatic carbocycles. The van der Waals surface area contributed by atoms with Crippen LogP contribution in [-0.4, -0.2) is 36.7 Å². The van der Waals surface area contributed by atoms with Crippen LogP contribution >= 0.6 is 0 Å². The summed E-state index contributed by atoms with van der Waals surface area (Å²) in [6.07, 6.45) is 4.75. The molecule has 2 aliphatic rings. The third-order valence-electron chi connectivity index (χ3n) is 3.46. The van der Waals surface area contributed by atoms with Gasteiger partial charge in [0.25, 0.3) is 0 Å². The molecule has 0 amide bonds. The van der Waals surface area contributed by atoms with Gasteiger partial charge in [0.15, 0.2) is 0 Å². The minimum Gasteiger partial charge on any atom is -0.328 e. The van der Waals surface area contributed by atoms with Gasteiger partial charge in [0.1, 0.15) is 0 Å². The SMILES string of the molecule is N[C@H]1CC[C@H](N2CC(CF)C2)CC1. The average molecular weight is 186 g/mol. The Bertz CT molecular complexity index is 160. The van der Waals surface area contributed by atoms with Crippen LogP contribution < -0.4 is 5.73 Å². The fraction of sp³-hybridized carbons (Fsp3) is 1.00. The lowest BCUT2D eigenvalue weighted by Gasteiger charge is -2.45. The van der Waals surface area contributed by atoms with Crippen LogP contribution in [0.25, 0.3) is 0 Å². The van der Waals surface area contributed by atoms with Gasteiger partial charge in [-0.25, -0.2) is 0 Å². The van der Waals surface area contributed by atoms with Gasteiger partial charge in [-0.05, 0) is 25.7 Å². The topological polar surface area (TPSA) is 29.3 Å². The Morgan fingerprint density at radius 3 is 2.31 bits per heavy atom. The van der Waals surface area contributed by atoms with E-state index in [1.54, 1.807) is 0 Å². The number of halogens is 1. The van der Waals surface area contributed by atoms with Gasteiger partial charge in [-0.15, -0.1) is 0 Å². The van der Waals surface area contributed by atoms with Gasteiger partial charge >= 0.3 is 0 Å². The number of hydrogen-bond donors (Lipinski definition) is 1. The highest BCUT2D eigenvalue weighted by molar-refractivity contribution is 4.88. The summed E-state index contributed by atoms with van der Waals surface area (Å²) in [7, 11) is 0. The van der Waals surface area contributed by atoms with E-state index in [9.17, 15) is 4.39 Å². The van der Waals surface area contributed by atoms with Crippen molar-refractivity contribution >= 4 is 0 Å². The Morgan fingerprint density at radius 2 is 1.77 bits per heavy atom. The standard InChI is InChI=1S/C10H19FN2/c11-5-8-6-13(7-8)10-3-1-9(12)2-4-10/h8-10H,1-7,12H2/t9-,10-. The monoisotopic (exact) mass is 186 g/mol. The molecule has 0 spiro atoms. The van der Waals surface area contributed by atoms with E-state index in [0.717, 1.165) is 25.9 Å². The first-order chi connectivity index (χ1) is 6.29. The van der Waals surface area contributed by atoms with E-state index in [0.29, 0.717) is 18.0 Å². The van der Waals surface area contributed by atoms with Crippen LogP contribution in [0.15, 0.2) is 0 Å². The van der Waals surface area contributed by atoms with Crippen LogP contribution in [0.1, 0.15) is 25.7 Å². The second-order valence-electron chi connectivity index (χ2n) is 4.54. The second kappa shape index (κ2) is 3.93. The van der Waals surface area contributed by atoms with E-state index in [1.165, 1.54) is 12.8 Å². The third-order valence-corrected chi connectivity index (χ3v) is 3.46. The van der Waals surface area contributed by atoms with Gasteiger partial charge in [-0.1, -0.05) is 0 Å². The molecule has 0 unspecified atom stereocenters. The summed E-state index contributed by atoms with van der Waals surface area (Å²) in [5.41, 5.74) is 5.83. The first-order valence-corrected chi connectivity index (χ1v) is 5.35. The van der Waals surface area contributed by atoms with Crippen molar-refractivity contribution in [2.75, 3.05) is 19.8 Å². The molecule has 0 bridgehead atoms. The van der Waals surface area contributed by atoms with Crippen molar-refractivity contribution in [3.63, 3.8) is 0 Å². The minimum absolute atomic E-state index is 0.136. The Kier molecular flexibility index (Phi) is 2.84. The number of likely N-dealkylation sites (tertiary alicyclic amines) is 1. The molecule has 1 saturated heterocycles. The highest BCUT2D eigenvalue weighted by Crippen LogP contribution is 2.28. The summed E-state index contributed by atoms with van der Waals surface area (Å²) in [5.74, 6) is 0.329. The molecule has 1 heterocycles. The van der Waals surface area contributed by atoms with Crippen molar-refractivity contribution < 1.29 is 4.39 Å². The lowest BCUT2D eigenvalue weighted by atomic mass is 9.87. The molecular weight excluding hydrogens is 167 g/mol. The molecule has 1 aliphatic heterocycles. The van der Waals surface area contributed by atoms with Crippen LogP contribution in [0.4, 0.5) is 4.39 Å². The van der Waals surface area contributed by atoms with Crippen molar-refractivity contribution in [1.82, 2.24) is 4.90 Å². The summed E-state index contributed by atoms with van der Waals surface area (Å²) >= 11 is 0. The molecule has 0 aromatic rings. The Balaban J connectivity index is 1.71. The summed E-state index contributed by atoms with van der Waals surface area (Å²) in [6, 6.07) is 1.14. The van der Waals surface area contributed by atoms with Crippen molar-refractivity contribution in [2.24, 2.45) is 11.7 Å². The highest BCUT2D eigenvalue weighted by Gasteiger charge is 2.33. The van der Waals surface area contributed by atoms with E-state index >= 15 is 0 Å². The lowest BCUT2D eigenvalue weighted by molar-refractivity contribution is 0.0218. The van der Waals surface area contributed by atoms with E-state index in [1.807, 2.05) is 0 Å². The van der Waals surface area contributed by atoms with Gasteiger partial charge in [0.05, 0.1) is 6.67 Å². The number of alkyl halides is 1. The molecule has 13 heavy (non-hydrogen) atoms. The highest BCUT2D eigenvalue weighted by atomic mass is 19.1. The summed E-state index contributed by atoms with van der Waals surface area (Å²) < 4.78 is 12.2. The Labute approximate surface area is 79.3 Å². The molecule has 76 valence electrons. The van der Waals surface area contributed by atoms with Crippen LogP contribution in [0.5, 0.6) is 0 Å². The van der Waals surface area contributed by atoms with Crippen molar-refractivity contribution in [1.29, 1.82) is 0 Å². The van der Waals surface area contributed by atoms with Gasteiger partial charge < -0.3 is 5.73 Å². The maximum atomic E-state index is 12.2. The maximum Gasteiger partial charge on any atom is 0.0947 e. The molecule has 2 N–H and O–H groups in total. The van der Waals surface area contributed by atoms with Crippen LogP contribution in [-0.2, 0) is 0 Å². The molecule has 2 fully saturated rings. The zero-order valence-corrected chi connectivity index (χ0v) is 8.08. The predicted octanol–water partition coefficient (Wildman–Crippen LogP) is 1.16. The normalized spacial score (nSPS) is 37.4. The van der Waals surface area contributed by atoms with Crippen LogP contribution in [0.3, 0.4) is 0 Å². The quantitative estimate of drug-likeness (QED) is 0.701. The van der Waals surface area contributed by atoms with Crippen molar-refractivity contribution in [3.8, 4) is 0 Å². The Morgan fingerprint density at radius 1 is 1.15 bits per heavy atom. The fourth-order valence-electron chi connectivity index (χ4n) is 2.47. The predicted molar refractivity (Wildman–Crippen MR) is 51.3 cm³/mol. The number of rotatable bonds is 2.